The van der Waals surface area contributed by atoms with Crippen LogP contribution in [0.1, 0.15) is 11.1 Å². The molecule has 24 heavy (non-hydrogen) atoms. The molecule has 2 aromatic rings. The molecule has 0 unspecified atom stereocenters. The number of ether oxygens (including phenoxy) is 1. The van der Waals surface area contributed by atoms with E-state index in [1.807, 2.05) is 0 Å². The predicted molar refractivity (Wildman–Crippen MR) is 95.0 cm³/mol. The van der Waals surface area contributed by atoms with Gasteiger partial charge in [0.05, 0.1) is 11.1 Å². The lowest BCUT2D eigenvalue weighted by molar-refractivity contribution is -0.384. The molecule has 0 aliphatic rings. The van der Waals surface area contributed by atoms with Gasteiger partial charge >= 0.3 is 0 Å². The van der Waals surface area contributed by atoms with Crippen LogP contribution in [0.5, 0.6) is 5.75 Å². The molecule has 0 radical (unpaired) electrons. The number of hydrogen-bond acceptors (Lipinski definition) is 5. The van der Waals surface area contributed by atoms with E-state index in [0.29, 0.717) is 16.9 Å². The Bertz CT molecular complexity index is 803. The molecule has 8 nitrogen and oxygen atoms in total. The van der Waals surface area contributed by atoms with Crippen LogP contribution in [0.4, 0.5) is 5.69 Å². The summed E-state index contributed by atoms with van der Waals surface area (Å²) in [6.07, 6.45) is 1.45. The third-order valence-corrected chi connectivity index (χ3v) is 3.35. The quantitative estimate of drug-likeness (QED) is 0.338. The van der Waals surface area contributed by atoms with Crippen LogP contribution < -0.4 is 16.2 Å². The second kappa shape index (κ2) is 8.06. The largest absolute Gasteiger partial charge is 0.488 e. The fraction of sp³-hybridized carbons (Fsp3) is 0.0667. The van der Waals surface area contributed by atoms with Crippen molar-refractivity contribution in [3.05, 3.63) is 68.2 Å². The zero-order chi connectivity index (χ0) is 17.5. The van der Waals surface area contributed by atoms with Crippen molar-refractivity contribution in [3.63, 3.8) is 0 Å². The van der Waals surface area contributed by atoms with E-state index in [4.69, 9.17) is 16.2 Å². The van der Waals surface area contributed by atoms with Crippen molar-refractivity contribution in [1.29, 1.82) is 0 Å². The summed E-state index contributed by atoms with van der Waals surface area (Å²) >= 11 is 3.36. The first-order valence-electron chi connectivity index (χ1n) is 6.73. The van der Waals surface area contributed by atoms with Crippen LogP contribution in [0.3, 0.4) is 0 Å². The molecule has 0 fully saturated rings. The van der Waals surface area contributed by atoms with Gasteiger partial charge in [0.25, 0.3) is 5.69 Å². The van der Waals surface area contributed by atoms with Gasteiger partial charge in [-0.3, -0.25) is 10.1 Å². The fourth-order valence-corrected chi connectivity index (χ4v) is 2.21. The van der Waals surface area contributed by atoms with Gasteiger partial charge < -0.3 is 16.2 Å². The summed E-state index contributed by atoms with van der Waals surface area (Å²) in [6, 6.07) is 11.6. The van der Waals surface area contributed by atoms with E-state index >= 15 is 0 Å². The van der Waals surface area contributed by atoms with Crippen molar-refractivity contribution in [2.24, 2.45) is 21.7 Å². The number of guanidine groups is 1. The average molecular weight is 392 g/mol. The van der Waals surface area contributed by atoms with E-state index in [-0.39, 0.29) is 18.3 Å². The number of non-ortho nitro benzene ring substituents is 1. The minimum atomic E-state index is -0.448. The Morgan fingerprint density at radius 2 is 2.08 bits per heavy atom. The first kappa shape index (κ1) is 17.4. The van der Waals surface area contributed by atoms with E-state index in [9.17, 15) is 10.1 Å². The van der Waals surface area contributed by atoms with Crippen molar-refractivity contribution in [2.45, 2.75) is 6.61 Å². The van der Waals surface area contributed by atoms with Crippen molar-refractivity contribution in [3.8, 4) is 5.75 Å². The fourth-order valence-electron chi connectivity index (χ4n) is 1.83. The summed E-state index contributed by atoms with van der Waals surface area (Å²) in [5.41, 5.74) is 11.8. The molecule has 2 aromatic carbocycles. The van der Waals surface area contributed by atoms with Gasteiger partial charge in [0.15, 0.2) is 0 Å². The number of hydrogen-bond donors (Lipinski definition) is 2. The van der Waals surface area contributed by atoms with Crippen molar-refractivity contribution in [1.82, 2.24) is 0 Å². The van der Waals surface area contributed by atoms with Crippen LogP contribution >= 0.6 is 15.9 Å². The summed E-state index contributed by atoms with van der Waals surface area (Å²) < 4.78 is 6.55. The van der Waals surface area contributed by atoms with Crippen molar-refractivity contribution < 1.29 is 9.66 Å². The lowest BCUT2D eigenvalue weighted by atomic mass is 10.2. The maximum atomic E-state index is 10.8. The van der Waals surface area contributed by atoms with Gasteiger partial charge in [-0.1, -0.05) is 28.1 Å². The molecule has 0 saturated heterocycles. The first-order valence-corrected chi connectivity index (χ1v) is 7.52. The molecule has 0 bridgehead atoms. The van der Waals surface area contributed by atoms with Gasteiger partial charge in [-0.15, -0.1) is 5.10 Å². The van der Waals surface area contributed by atoms with Crippen molar-refractivity contribution >= 4 is 33.8 Å². The number of benzene rings is 2. The number of halogens is 1. The standard InChI is InChI=1S/C15H14BrN5O3/c16-12-4-5-14(11(7-12)8-19-20-15(17)18)24-9-10-2-1-3-13(6-10)21(22)23/h1-8H,9H2,(H4,17,18,20)/b19-8+. The Morgan fingerprint density at radius 3 is 2.79 bits per heavy atom. The lowest BCUT2D eigenvalue weighted by Crippen LogP contribution is -2.21. The monoisotopic (exact) mass is 391 g/mol. The molecule has 124 valence electrons. The van der Waals surface area contributed by atoms with Gasteiger partial charge in [-0.25, -0.2) is 0 Å². The van der Waals surface area contributed by atoms with Crippen molar-refractivity contribution in [2.75, 3.05) is 0 Å². The summed E-state index contributed by atoms with van der Waals surface area (Å²) in [6.45, 7) is 0.173. The van der Waals surface area contributed by atoms with E-state index in [1.54, 1.807) is 30.3 Å². The molecule has 0 aromatic heterocycles. The molecule has 9 heteroatoms. The zero-order valence-electron chi connectivity index (χ0n) is 12.4. The third-order valence-electron chi connectivity index (χ3n) is 2.86. The topological polar surface area (TPSA) is 129 Å². The highest BCUT2D eigenvalue weighted by Gasteiger charge is 2.07. The van der Waals surface area contributed by atoms with Crippen LogP contribution in [-0.2, 0) is 6.61 Å². The number of nitrogens with zero attached hydrogens (tertiary/aromatic N) is 3. The Kier molecular flexibility index (Phi) is 5.85. The van der Waals surface area contributed by atoms with Crippen LogP contribution in [-0.4, -0.2) is 17.1 Å². The highest BCUT2D eigenvalue weighted by atomic mass is 79.9. The Hall–Kier alpha value is -2.94. The number of nitrogens with two attached hydrogens (primary N) is 2. The smallest absolute Gasteiger partial charge is 0.269 e. The number of rotatable bonds is 6. The van der Waals surface area contributed by atoms with Gasteiger partial charge in [0, 0.05) is 22.2 Å². The normalized spacial score (nSPS) is 10.5. The maximum Gasteiger partial charge on any atom is 0.269 e. The number of nitro groups is 1. The summed E-state index contributed by atoms with van der Waals surface area (Å²) in [4.78, 5) is 10.4. The Balaban J connectivity index is 2.17. The van der Waals surface area contributed by atoms with Crippen LogP contribution in [0, 0.1) is 10.1 Å². The molecule has 2 rings (SSSR count). The summed E-state index contributed by atoms with van der Waals surface area (Å²) in [5, 5.41) is 18.1. The molecule has 0 saturated carbocycles. The van der Waals surface area contributed by atoms with Crippen LogP contribution in [0.25, 0.3) is 0 Å². The minimum absolute atomic E-state index is 0.0152. The lowest BCUT2D eigenvalue weighted by Gasteiger charge is -2.09. The van der Waals surface area contributed by atoms with E-state index < -0.39 is 4.92 Å². The highest BCUT2D eigenvalue weighted by Crippen LogP contribution is 2.23. The van der Waals surface area contributed by atoms with E-state index in [1.165, 1.54) is 18.3 Å². The molecule has 0 amide bonds. The Labute approximate surface area is 146 Å². The van der Waals surface area contributed by atoms with Crippen LogP contribution in [0.15, 0.2) is 57.1 Å². The third kappa shape index (κ3) is 5.06. The molecule has 0 spiro atoms. The molecule has 0 aliphatic heterocycles. The van der Waals surface area contributed by atoms with Gasteiger partial charge in [-0.05, 0) is 23.8 Å². The molecule has 0 atom stereocenters. The molecular weight excluding hydrogens is 378 g/mol. The minimum Gasteiger partial charge on any atom is -0.488 e. The molecule has 0 heterocycles. The van der Waals surface area contributed by atoms with E-state index in [0.717, 1.165) is 4.47 Å². The highest BCUT2D eigenvalue weighted by molar-refractivity contribution is 9.10. The first-order chi connectivity index (χ1) is 11.5. The number of nitro benzene ring substituents is 1. The summed E-state index contributed by atoms with van der Waals surface area (Å²) in [7, 11) is 0. The molecule has 0 aliphatic carbocycles. The van der Waals surface area contributed by atoms with Gasteiger partial charge in [-0.2, -0.15) is 5.10 Å². The Morgan fingerprint density at radius 1 is 1.29 bits per heavy atom. The maximum absolute atomic E-state index is 10.8. The molecule has 4 N–H and O–H groups in total. The predicted octanol–water partition coefficient (Wildman–Crippen LogP) is 2.54. The van der Waals surface area contributed by atoms with Gasteiger partial charge in [0.2, 0.25) is 5.96 Å². The summed E-state index contributed by atoms with van der Waals surface area (Å²) in [5.74, 6) is 0.388. The second-order valence-electron chi connectivity index (χ2n) is 4.67. The van der Waals surface area contributed by atoms with Gasteiger partial charge in [0.1, 0.15) is 12.4 Å². The SMILES string of the molecule is NC(N)=N/N=C/c1cc(Br)ccc1OCc1cccc([N+](=O)[O-])c1. The van der Waals surface area contributed by atoms with Crippen LogP contribution in [0.2, 0.25) is 0 Å². The second-order valence-corrected chi connectivity index (χ2v) is 5.58. The van der Waals surface area contributed by atoms with E-state index in [2.05, 4.69) is 26.1 Å². The average Bonchev–Trinajstić information content (AvgIpc) is 2.54. The molecular formula is C15H14BrN5O3. The zero-order valence-corrected chi connectivity index (χ0v) is 14.0.